The normalized spacial score (nSPS) is 16.9. The second-order valence-electron chi connectivity index (χ2n) is 5.78. The number of carbonyl (C=O) groups is 1. The first-order valence-electron chi connectivity index (χ1n) is 7.94. The van der Waals surface area contributed by atoms with Crippen LogP contribution >= 0.6 is 0 Å². The Morgan fingerprint density at radius 1 is 1.22 bits per heavy atom. The molecule has 1 aliphatic heterocycles. The summed E-state index contributed by atoms with van der Waals surface area (Å²) in [6, 6.07) is 11.8. The molecular formula is C18H22N2O3. The molecule has 5 nitrogen and oxygen atoms in total. The molecule has 1 aliphatic rings. The fourth-order valence-corrected chi connectivity index (χ4v) is 2.79. The predicted molar refractivity (Wildman–Crippen MR) is 87.4 cm³/mol. The Bertz CT molecular complexity index is 633. The first kappa shape index (κ1) is 15.8. The van der Waals surface area contributed by atoms with Gasteiger partial charge in [-0.05, 0) is 18.6 Å². The fraction of sp³-hybridized carbons (Fsp3) is 0.389. The van der Waals surface area contributed by atoms with Crippen LogP contribution in [0.4, 0.5) is 0 Å². The van der Waals surface area contributed by atoms with Crippen molar-refractivity contribution < 1.29 is 13.9 Å². The first-order valence-corrected chi connectivity index (χ1v) is 7.94. The fourth-order valence-electron chi connectivity index (χ4n) is 2.79. The maximum absolute atomic E-state index is 12.5. The molecule has 1 saturated heterocycles. The molecule has 1 aromatic carbocycles. The number of amides is 1. The molecule has 1 unspecified atom stereocenters. The minimum absolute atomic E-state index is 0.0775. The summed E-state index contributed by atoms with van der Waals surface area (Å²) < 4.78 is 10.7. The largest absolute Gasteiger partial charge is 0.459 e. The molecule has 5 heteroatoms. The summed E-state index contributed by atoms with van der Waals surface area (Å²) in [5.74, 6) is 0.211. The third kappa shape index (κ3) is 4.00. The van der Waals surface area contributed by atoms with Gasteiger partial charge in [-0.2, -0.15) is 0 Å². The number of hydrogen-bond donors (Lipinski definition) is 1. The van der Waals surface area contributed by atoms with Gasteiger partial charge in [-0.15, -0.1) is 0 Å². The molecule has 0 spiro atoms. The lowest BCUT2D eigenvalue weighted by molar-refractivity contribution is 0.0331. The highest BCUT2D eigenvalue weighted by atomic mass is 16.5. The van der Waals surface area contributed by atoms with Crippen molar-refractivity contribution in [2.24, 2.45) is 0 Å². The lowest BCUT2D eigenvalue weighted by Crippen LogP contribution is -2.43. The van der Waals surface area contributed by atoms with Crippen molar-refractivity contribution in [2.45, 2.75) is 13.0 Å². The number of morpholine rings is 1. The topological polar surface area (TPSA) is 54.7 Å². The summed E-state index contributed by atoms with van der Waals surface area (Å²) in [6.07, 6.45) is 1.55. The van der Waals surface area contributed by atoms with Gasteiger partial charge in [-0.25, -0.2) is 0 Å². The van der Waals surface area contributed by atoms with Crippen molar-refractivity contribution in [1.29, 1.82) is 0 Å². The molecule has 1 aromatic heterocycles. The number of aryl methyl sites for hydroxylation is 1. The zero-order valence-electron chi connectivity index (χ0n) is 13.3. The average molecular weight is 314 g/mol. The number of hydrogen-bond acceptors (Lipinski definition) is 4. The average Bonchev–Trinajstić information content (AvgIpc) is 3.02. The van der Waals surface area contributed by atoms with Crippen molar-refractivity contribution in [2.75, 3.05) is 32.8 Å². The smallest absolute Gasteiger partial charge is 0.287 e. The molecule has 1 atom stereocenters. The van der Waals surface area contributed by atoms with Crippen LogP contribution in [0.15, 0.2) is 47.1 Å². The van der Waals surface area contributed by atoms with E-state index >= 15 is 0 Å². The summed E-state index contributed by atoms with van der Waals surface area (Å²) in [6.45, 7) is 5.90. The van der Waals surface area contributed by atoms with Crippen molar-refractivity contribution >= 4 is 5.91 Å². The van der Waals surface area contributed by atoms with Crippen LogP contribution < -0.4 is 5.32 Å². The van der Waals surface area contributed by atoms with E-state index < -0.39 is 0 Å². The second kappa shape index (κ2) is 7.44. The second-order valence-corrected chi connectivity index (χ2v) is 5.78. The Hall–Kier alpha value is -2.11. The summed E-state index contributed by atoms with van der Waals surface area (Å²) in [7, 11) is 0. The van der Waals surface area contributed by atoms with Crippen LogP contribution in [-0.2, 0) is 4.74 Å². The molecule has 2 aromatic rings. The molecule has 23 heavy (non-hydrogen) atoms. The number of rotatable bonds is 5. The van der Waals surface area contributed by atoms with Gasteiger partial charge in [-0.3, -0.25) is 9.69 Å². The number of furan rings is 1. The van der Waals surface area contributed by atoms with Gasteiger partial charge in [0.25, 0.3) is 5.91 Å². The van der Waals surface area contributed by atoms with Crippen LogP contribution in [-0.4, -0.2) is 43.7 Å². The monoisotopic (exact) mass is 314 g/mol. The van der Waals surface area contributed by atoms with Gasteiger partial charge in [0.1, 0.15) is 0 Å². The minimum Gasteiger partial charge on any atom is -0.459 e. The van der Waals surface area contributed by atoms with Crippen LogP contribution in [0.3, 0.4) is 0 Å². The standard InChI is InChI=1S/C18H22N2O3/c1-14-7-10-23-17(14)18(21)19-16(15-5-3-2-4-6-15)13-20-8-11-22-12-9-20/h2-7,10,16H,8-9,11-13H2,1H3,(H,19,21). The lowest BCUT2D eigenvalue weighted by Gasteiger charge is -2.31. The predicted octanol–water partition coefficient (Wildman–Crippen LogP) is 2.39. The number of benzene rings is 1. The number of nitrogens with one attached hydrogen (secondary N) is 1. The highest BCUT2D eigenvalue weighted by molar-refractivity contribution is 5.93. The minimum atomic E-state index is -0.172. The van der Waals surface area contributed by atoms with Gasteiger partial charge in [-0.1, -0.05) is 30.3 Å². The van der Waals surface area contributed by atoms with Crippen molar-refractivity contribution in [3.8, 4) is 0 Å². The Labute approximate surface area is 136 Å². The van der Waals surface area contributed by atoms with Gasteiger partial charge in [0.15, 0.2) is 5.76 Å². The van der Waals surface area contributed by atoms with E-state index in [9.17, 15) is 4.79 Å². The molecular weight excluding hydrogens is 292 g/mol. The highest BCUT2D eigenvalue weighted by Crippen LogP contribution is 2.17. The third-order valence-electron chi connectivity index (χ3n) is 4.12. The number of ether oxygens (including phenoxy) is 1. The summed E-state index contributed by atoms with van der Waals surface area (Å²) in [5.41, 5.74) is 1.94. The molecule has 0 radical (unpaired) electrons. The van der Waals surface area contributed by atoms with E-state index in [4.69, 9.17) is 9.15 Å². The van der Waals surface area contributed by atoms with E-state index in [-0.39, 0.29) is 11.9 Å². The molecule has 122 valence electrons. The first-order chi connectivity index (χ1) is 11.2. The van der Waals surface area contributed by atoms with Crippen LogP contribution in [0.2, 0.25) is 0 Å². The summed E-state index contributed by atoms with van der Waals surface area (Å²) in [4.78, 5) is 14.8. The van der Waals surface area contributed by atoms with Crippen LogP contribution in [0.25, 0.3) is 0 Å². The van der Waals surface area contributed by atoms with E-state index in [1.807, 2.05) is 37.3 Å². The lowest BCUT2D eigenvalue weighted by atomic mass is 10.1. The van der Waals surface area contributed by atoms with Crippen molar-refractivity contribution in [3.63, 3.8) is 0 Å². The van der Waals surface area contributed by atoms with Crippen molar-refractivity contribution in [1.82, 2.24) is 10.2 Å². The SMILES string of the molecule is Cc1ccoc1C(=O)NC(CN1CCOCC1)c1ccccc1. The van der Waals surface area contributed by atoms with Gasteiger partial charge >= 0.3 is 0 Å². The molecule has 0 aliphatic carbocycles. The van der Waals surface area contributed by atoms with Gasteiger partial charge in [0, 0.05) is 25.2 Å². The zero-order valence-corrected chi connectivity index (χ0v) is 13.3. The van der Waals surface area contributed by atoms with Crippen molar-refractivity contribution in [3.05, 3.63) is 59.5 Å². The molecule has 1 fully saturated rings. The Morgan fingerprint density at radius 2 is 1.96 bits per heavy atom. The van der Waals surface area contributed by atoms with E-state index in [0.29, 0.717) is 5.76 Å². The number of nitrogens with zero attached hydrogens (tertiary/aromatic N) is 1. The summed E-state index contributed by atoms with van der Waals surface area (Å²) in [5, 5.41) is 3.11. The Kier molecular flexibility index (Phi) is 5.10. The van der Waals surface area contributed by atoms with Gasteiger partial charge in [0.05, 0.1) is 25.5 Å². The Morgan fingerprint density at radius 3 is 2.61 bits per heavy atom. The molecule has 3 rings (SSSR count). The molecule has 1 N–H and O–H groups in total. The summed E-state index contributed by atoms with van der Waals surface area (Å²) >= 11 is 0. The zero-order chi connectivity index (χ0) is 16.1. The molecule has 0 saturated carbocycles. The van der Waals surface area contributed by atoms with Crippen LogP contribution in [0, 0.1) is 6.92 Å². The molecule has 2 heterocycles. The van der Waals surface area contributed by atoms with E-state index in [1.54, 1.807) is 12.3 Å². The van der Waals surface area contributed by atoms with E-state index in [0.717, 1.165) is 44.0 Å². The maximum Gasteiger partial charge on any atom is 0.287 e. The van der Waals surface area contributed by atoms with Gasteiger partial charge in [0.2, 0.25) is 0 Å². The van der Waals surface area contributed by atoms with E-state index in [1.165, 1.54) is 0 Å². The van der Waals surface area contributed by atoms with E-state index in [2.05, 4.69) is 10.2 Å². The number of carbonyl (C=O) groups excluding carboxylic acids is 1. The van der Waals surface area contributed by atoms with Gasteiger partial charge < -0.3 is 14.5 Å². The Balaban J connectivity index is 1.74. The molecule has 1 amide bonds. The van der Waals surface area contributed by atoms with Crippen LogP contribution in [0.5, 0.6) is 0 Å². The maximum atomic E-state index is 12.5. The highest BCUT2D eigenvalue weighted by Gasteiger charge is 2.22. The third-order valence-corrected chi connectivity index (χ3v) is 4.12. The molecule has 0 bridgehead atoms. The quantitative estimate of drug-likeness (QED) is 0.921. The van der Waals surface area contributed by atoms with Crippen LogP contribution in [0.1, 0.15) is 27.7 Å².